The molecular weight excluding hydrogens is 188 g/mol. The number of primary amides is 2. The Morgan fingerprint density at radius 2 is 1.79 bits per heavy atom. The summed E-state index contributed by atoms with van der Waals surface area (Å²) in [5.74, 6) is -2.02. The van der Waals surface area contributed by atoms with Gasteiger partial charge in [-0.05, 0) is 0 Å². The van der Waals surface area contributed by atoms with Crippen LogP contribution in [-0.4, -0.2) is 30.4 Å². The van der Waals surface area contributed by atoms with Gasteiger partial charge in [0.2, 0.25) is 11.8 Å². The minimum atomic E-state index is -1.50. The molecular formula is C7H12N4O3. The number of urea groups is 1. The largest absolute Gasteiger partial charge is 0.367 e. The number of amides is 4. The average Bonchev–Trinajstić information content (AvgIpc) is 2.09. The van der Waals surface area contributed by atoms with Crippen LogP contribution in [-0.2, 0) is 9.59 Å². The van der Waals surface area contributed by atoms with Gasteiger partial charge in [-0.1, -0.05) is 6.08 Å². The molecule has 4 amide bonds. The van der Waals surface area contributed by atoms with Gasteiger partial charge >= 0.3 is 6.03 Å². The lowest BCUT2D eigenvalue weighted by Crippen LogP contribution is -2.54. The van der Waals surface area contributed by atoms with Gasteiger partial charge in [0.25, 0.3) is 0 Å². The van der Waals surface area contributed by atoms with Crippen LogP contribution in [0.2, 0.25) is 0 Å². The summed E-state index contributed by atoms with van der Waals surface area (Å²) in [6.07, 6.45) is 1.43. The fourth-order valence-corrected chi connectivity index (χ4v) is 0.629. The van der Waals surface area contributed by atoms with Crippen molar-refractivity contribution in [2.45, 2.75) is 6.04 Å². The molecule has 0 bridgehead atoms. The zero-order valence-electron chi connectivity index (χ0n) is 7.45. The molecule has 78 valence electrons. The third-order valence-corrected chi connectivity index (χ3v) is 1.25. The Bertz CT molecular complexity index is 250. The highest BCUT2D eigenvalue weighted by Crippen LogP contribution is 1.80. The first kappa shape index (κ1) is 11.9. The minimum absolute atomic E-state index is 0.204. The van der Waals surface area contributed by atoms with Crippen LogP contribution in [0.5, 0.6) is 0 Å². The standard InChI is InChI=1S/C7H12N4O3/c1-2-3-10-7(14)11-4(5(8)12)6(9)13/h2,4H,1,3H2,(H2,8,12)(H2,9,13)(H2,10,11,14). The second-order valence-electron chi connectivity index (χ2n) is 2.38. The molecule has 0 atom stereocenters. The van der Waals surface area contributed by atoms with E-state index in [0.717, 1.165) is 0 Å². The van der Waals surface area contributed by atoms with Gasteiger partial charge in [-0.3, -0.25) is 9.59 Å². The molecule has 0 aliphatic carbocycles. The second-order valence-corrected chi connectivity index (χ2v) is 2.38. The lowest BCUT2D eigenvalue weighted by Gasteiger charge is -2.11. The van der Waals surface area contributed by atoms with Crippen LogP contribution in [0.3, 0.4) is 0 Å². The molecule has 0 saturated carbocycles. The highest BCUT2D eigenvalue weighted by molar-refractivity contribution is 6.05. The smallest absolute Gasteiger partial charge is 0.316 e. The molecule has 0 aromatic heterocycles. The molecule has 0 heterocycles. The van der Waals surface area contributed by atoms with Crippen molar-refractivity contribution in [1.82, 2.24) is 10.6 Å². The highest BCUT2D eigenvalue weighted by Gasteiger charge is 2.23. The summed E-state index contributed by atoms with van der Waals surface area (Å²) in [6, 6.07) is -2.22. The van der Waals surface area contributed by atoms with E-state index in [1.165, 1.54) is 6.08 Å². The van der Waals surface area contributed by atoms with Gasteiger partial charge in [-0.25, -0.2) is 4.79 Å². The van der Waals surface area contributed by atoms with E-state index in [4.69, 9.17) is 11.5 Å². The molecule has 0 radical (unpaired) electrons. The molecule has 7 heteroatoms. The van der Waals surface area contributed by atoms with Crippen LogP contribution in [0.1, 0.15) is 0 Å². The van der Waals surface area contributed by atoms with Crippen molar-refractivity contribution in [3.05, 3.63) is 12.7 Å². The SMILES string of the molecule is C=CCNC(=O)NC(C(N)=O)C(N)=O. The summed E-state index contributed by atoms with van der Waals surface area (Å²) in [4.78, 5) is 32.2. The number of nitrogens with one attached hydrogen (secondary N) is 2. The Kier molecular flexibility index (Phi) is 4.76. The van der Waals surface area contributed by atoms with E-state index in [1.807, 2.05) is 5.32 Å². The maximum absolute atomic E-state index is 10.9. The first-order valence-electron chi connectivity index (χ1n) is 3.73. The van der Waals surface area contributed by atoms with Gasteiger partial charge in [-0.15, -0.1) is 6.58 Å². The van der Waals surface area contributed by atoms with Crippen molar-refractivity contribution in [1.29, 1.82) is 0 Å². The van der Waals surface area contributed by atoms with Crippen molar-refractivity contribution in [3.8, 4) is 0 Å². The topological polar surface area (TPSA) is 127 Å². The lowest BCUT2D eigenvalue weighted by molar-refractivity contribution is -0.128. The predicted octanol–water partition coefficient (Wildman–Crippen LogP) is -2.19. The van der Waals surface area contributed by atoms with Crippen LogP contribution < -0.4 is 22.1 Å². The molecule has 0 unspecified atom stereocenters. The zero-order chi connectivity index (χ0) is 11.1. The Hall–Kier alpha value is -2.05. The van der Waals surface area contributed by atoms with Gasteiger partial charge in [0.15, 0.2) is 6.04 Å². The van der Waals surface area contributed by atoms with Gasteiger partial charge in [0, 0.05) is 6.54 Å². The molecule has 0 aromatic carbocycles. The van der Waals surface area contributed by atoms with E-state index in [9.17, 15) is 14.4 Å². The Balaban J connectivity index is 4.16. The van der Waals surface area contributed by atoms with E-state index >= 15 is 0 Å². The van der Waals surface area contributed by atoms with Crippen molar-refractivity contribution < 1.29 is 14.4 Å². The highest BCUT2D eigenvalue weighted by atomic mass is 16.2. The maximum Gasteiger partial charge on any atom is 0.316 e. The van der Waals surface area contributed by atoms with Crippen LogP contribution in [0.25, 0.3) is 0 Å². The fraction of sp³-hybridized carbons (Fsp3) is 0.286. The maximum atomic E-state index is 10.9. The number of hydrogen-bond donors (Lipinski definition) is 4. The molecule has 7 nitrogen and oxygen atoms in total. The summed E-state index contributed by atoms with van der Waals surface area (Å²) in [7, 11) is 0. The Labute approximate surface area is 80.5 Å². The van der Waals surface area contributed by atoms with Crippen molar-refractivity contribution in [2.24, 2.45) is 11.5 Å². The van der Waals surface area contributed by atoms with E-state index in [1.54, 1.807) is 0 Å². The van der Waals surface area contributed by atoms with Crippen LogP contribution in [0.15, 0.2) is 12.7 Å². The number of nitrogens with two attached hydrogens (primary N) is 2. The quantitative estimate of drug-likeness (QED) is 0.297. The van der Waals surface area contributed by atoms with Crippen molar-refractivity contribution in [3.63, 3.8) is 0 Å². The first-order valence-corrected chi connectivity index (χ1v) is 3.73. The molecule has 0 saturated heterocycles. The van der Waals surface area contributed by atoms with Gasteiger partial charge in [0.1, 0.15) is 0 Å². The summed E-state index contributed by atoms with van der Waals surface area (Å²) in [6.45, 7) is 3.56. The zero-order valence-corrected chi connectivity index (χ0v) is 7.45. The second kappa shape index (κ2) is 5.57. The molecule has 0 aromatic rings. The summed E-state index contributed by atoms with van der Waals surface area (Å²) in [5, 5.41) is 4.29. The monoisotopic (exact) mass is 200 g/mol. The third-order valence-electron chi connectivity index (χ3n) is 1.25. The molecule has 0 fully saturated rings. The van der Waals surface area contributed by atoms with Crippen LogP contribution in [0, 0.1) is 0 Å². The molecule has 0 aliphatic rings. The third kappa shape index (κ3) is 4.10. The van der Waals surface area contributed by atoms with Gasteiger partial charge < -0.3 is 22.1 Å². The minimum Gasteiger partial charge on any atom is -0.367 e. The number of carbonyl (C=O) groups is 3. The van der Waals surface area contributed by atoms with Crippen molar-refractivity contribution >= 4 is 17.8 Å². The van der Waals surface area contributed by atoms with Gasteiger partial charge in [0.05, 0.1) is 0 Å². The fourth-order valence-electron chi connectivity index (χ4n) is 0.629. The first-order chi connectivity index (χ1) is 6.49. The number of hydrogen-bond acceptors (Lipinski definition) is 3. The molecule has 0 aliphatic heterocycles. The summed E-state index contributed by atoms with van der Waals surface area (Å²) < 4.78 is 0. The van der Waals surface area contributed by atoms with E-state index in [-0.39, 0.29) is 6.54 Å². The van der Waals surface area contributed by atoms with Gasteiger partial charge in [-0.2, -0.15) is 0 Å². The van der Waals surface area contributed by atoms with E-state index in [0.29, 0.717) is 0 Å². The summed E-state index contributed by atoms with van der Waals surface area (Å²) >= 11 is 0. The molecule has 0 spiro atoms. The number of rotatable bonds is 5. The Morgan fingerprint density at radius 1 is 1.29 bits per heavy atom. The van der Waals surface area contributed by atoms with Crippen LogP contribution in [0.4, 0.5) is 4.79 Å². The predicted molar refractivity (Wildman–Crippen MR) is 48.9 cm³/mol. The number of carbonyl (C=O) groups excluding carboxylic acids is 3. The molecule has 0 rings (SSSR count). The Morgan fingerprint density at radius 3 is 2.14 bits per heavy atom. The normalized spacial score (nSPS) is 9.21. The average molecular weight is 200 g/mol. The summed E-state index contributed by atoms with van der Waals surface area (Å²) in [5.41, 5.74) is 9.62. The van der Waals surface area contributed by atoms with E-state index < -0.39 is 23.9 Å². The van der Waals surface area contributed by atoms with Crippen LogP contribution >= 0.6 is 0 Å². The molecule has 6 N–H and O–H groups in total. The van der Waals surface area contributed by atoms with Crippen molar-refractivity contribution in [2.75, 3.05) is 6.54 Å². The van der Waals surface area contributed by atoms with E-state index in [2.05, 4.69) is 11.9 Å². The lowest BCUT2D eigenvalue weighted by atomic mass is 10.3. The molecule has 14 heavy (non-hydrogen) atoms.